The Kier molecular flexibility index (Phi) is 3.30. The fourth-order valence-electron chi connectivity index (χ4n) is 2.75. The fourth-order valence-corrected chi connectivity index (χ4v) is 2.75. The molecule has 2 rings (SSSR count). The van der Waals surface area contributed by atoms with Crippen molar-refractivity contribution in [3.8, 4) is 0 Å². The van der Waals surface area contributed by atoms with Crippen LogP contribution in [-0.2, 0) is 0 Å². The molecule has 0 bridgehead atoms. The van der Waals surface area contributed by atoms with Gasteiger partial charge in [-0.15, -0.1) is 0 Å². The molecule has 3 nitrogen and oxygen atoms in total. The Labute approximate surface area is 105 Å². The summed E-state index contributed by atoms with van der Waals surface area (Å²) in [6, 6.07) is 3.06. The summed E-state index contributed by atoms with van der Waals surface area (Å²) in [7, 11) is 0. The van der Waals surface area contributed by atoms with Gasteiger partial charge in [0.2, 0.25) is 0 Å². The molecule has 1 heterocycles. The van der Waals surface area contributed by atoms with Crippen LogP contribution < -0.4 is 5.32 Å². The Bertz CT molecular complexity index is 379. The molecule has 0 amide bonds. The predicted octanol–water partition coefficient (Wildman–Crippen LogP) is 3.16. The van der Waals surface area contributed by atoms with Crippen LogP contribution in [0.4, 0.5) is 0 Å². The molecule has 1 aliphatic rings. The number of aromatic nitrogens is 2. The molecule has 17 heavy (non-hydrogen) atoms. The van der Waals surface area contributed by atoms with Crippen molar-refractivity contribution < 1.29 is 0 Å². The van der Waals surface area contributed by atoms with E-state index in [0.717, 1.165) is 12.5 Å². The maximum Gasteiger partial charge on any atom is 0.0559 e. The summed E-state index contributed by atoms with van der Waals surface area (Å²) >= 11 is 0. The highest BCUT2D eigenvalue weighted by atomic mass is 15.3. The zero-order chi connectivity index (χ0) is 12.6. The number of nitrogens with zero attached hydrogens (tertiary/aromatic N) is 2. The van der Waals surface area contributed by atoms with Gasteiger partial charge in [0.15, 0.2) is 0 Å². The summed E-state index contributed by atoms with van der Waals surface area (Å²) < 4.78 is 2.15. The van der Waals surface area contributed by atoms with Crippen molar-refractivity contribution in [2.45, 2.75) is 53.1 Å². The molecule has 0 spiro atoms. The van der Waals surface area contributed by atoms with E-state index in [-0.39, 0.29) is 0 Å². The first kappa shape index (κ1) is 12.6. The van der Waals surface area contributed by atoms with Crippen molar-refractivity contribution in [1.29, 1.82) is 0 Å². The van der Waals surface area contributed by atoms with Gasteiger partial charge >= 0.3 is 0 Å². The zero-order valence-corrected chi connectivity index (χ0v) is 11.7. The third-order valence-electron chi connectivity index (χ3n) is 3.92. The lowest BCUT2D eigenvalue weighted by Gasteiger charge is -2.22. The van der Waals surface area contributed by atoms with Crippen LogP contribution in [0.3, 0.4) is 0 Å². The van der Waals surface area contributed by atoms with Gasteiger partial charge in [-0.2, -0.15) is 5.10 Å². The van der Waals surface area contributed by atoms with E-state index in [1.165, 1.54) is 12.1 Å². The van der Waals surface area contributed by atoms with Crippen LogP contribution >= 0.6 is 0 Å². The molecule has 2 unspecified atom stereocenters. The van der Waals surface area contributed by atoms with Gasteiger partial charge in [0, 0.05) is 12.2 Å². The maximum absolute atomic E-state index is 4.45. The smallest absolute Gasteiger partial charge is 0.0559 e. The Hall–Kier alpha value is -0.830. The van der Waals surface area contributed by atoms with E-state index in [1.54, 1.807) is 0 Å². The molecule has 0 radical (unpaired) electrons. The Morgan fingerprint density at radius 3 is 2.65 bits per heavy atom. The Morgan fingerprint density at radius 2 is 2.18 bits per heavy atom. The van der Waals surface area contributed by atoms with Crippen LogP contribution in [0.15, 0.2) is 12.3 Å². The molecule has 1 N–H and O–H groups in total. The van der Waals surface area contributed by atoms with E-state index in [0.29, 0.717) is 17.5 Å². The highest BCUT2D eigenvalue weighted by molar-refractivity contribution is 5.16. The third-order valence-corrected chi connectivity index (χ3v) is 3.92. The van der Waals surface area contributed by atoms with Crippen LogP contribution in [0, 0.1) is 11.3 Å². The van der Waals surface area contributed by atoms with Crippen molar-refractivity contribution in [2.24, 2.45) is 11.3 Å². The van der Waals surface area contributed by atoms with Crippen LogP contribution in [-0.4, -0.2) is 16.3 Å². The number of rotatable bonds is 5. The van der Waals surface area contributed by atoms with Gasteiger partial charge in [0.05, 0.1) is 11.7 Å². The molecule has 1 aromatic rings. The average molecular weight is 235 g/mol. The number of hydrogen-bond donors (Lipinski definition) is 1. The molecule has 3 heteroatoms. The third kappa shape index (κ3) is 2.39. The van der Waals surface area contributed by atoms with Crippen LogP contribution in [0.2, 0.25) is 0 Å². The van der Waals surface area contributed by atoms with Crippen molar-refractivity contribution in [1.82, 2.24) is 15.1 Å². The van der Waals surface area contributed by atoms with Gasteiger partial charge < -0.3 is 5.32 Å². The normalized spacial score (nSPS) is 24.0. The molecule has 1 aliphatic carbocycles. The Balaban J connectivity index is 2.24. The van der Waals surface area contributed by atoms with E-state index in [1.807, 2.05) is 6.20 Å². The first-order valence-corrected chi connectivity index (χ1v) is 6.74. The second-order valence-electron chi connectivity index (χ2n) is 6.13. The SMILES string of the molecule is CCNC(c1ccnn1C(C)C)C1CC1(C)C. The Morgan fingerprint density at radius 1 is 1.53 bits per heavy atom. The summed E-state index contributed by atoms with van der Waals surface area (Å²) in [5.74, 6) is 0.747. The van der Waals surface area contributed by atoms with Gasteiger partial charge in [0.1, 0.15) is 0 Å². The highest BCUT2D eigenvalue weighted by Gasteiger charge is 2.51. The quantitative estimate of drug-likeness (QED) is 0.849. The fraction of sp³-hybridized carbons (Fsp3) is 0.786. The van der Waals surface area contributed by atoms with Crippen LogP contribution in [0.1, 0.15) is 58.8 Å². The molecule has 0 aromatic carbocycles. The molecule has 0 aliphatic heterocycles. The summed E-state index contributed by atoms with van der Waals surface area (Å²) in [5, 5.41) is 8.09. The van der Waals surface area contributed by atoms with Crippen molar-refractivity contribution in [2.75, 3.05) is 6.54 Å². The van der Waals surface area contributed by atoms with Gasteiger partial charge in [-0.25, -0.2) is 0 Å². The van der Waals surface area contributed by atoms with Gasteiger partial charge in [-0.05, 0) is 44.2 Å². The lowest BCUT2D eigenvalue weighted by Crippen LogP contribution is -2.27. The first-order valence-electron chi connectivity index (χ1n) is 6.74. The number of nitrogens with one attached hydrogen (secondary N) is 1. The molecule has 2 atom stereocenters. The summed E-state index contributed by atoms with van der Waals surface area (Å²) in [6.07, 6.45) is 3.24. The summed E-state index contributed by atoms with van der Waals surface area (Å²) in [4.78, 5) is 0. The molecular formula is C14H25N3. The minimum atomic E-state index is 0.433. The van der Waals surface area contributed by atoms with E-state index in [4.69, 9.17) is 0 Å². The molecule has 1 fully saturated rings. The van der Waals surface area contributed by atoms with E-state index in [9.17, 15) is 0 Å². The monoisotopic (exact) mass is 235 g/mol. The largest absolute Gasteiger partial charge is 0.309 e. The van der Waals surface area contributed by atoms with Gasteiger partial charge in [0.25, 0.3) is 0 Å². The summed E-state index contributed by atoms with van der Waals surface area (Å²) in [6.45, 7) is 12.3. The van der Waals surface area contributed by atoms with E-state index < -0.39 is 0 Å². The lowest BCUT2D eigenvalue weighted by atomic mass is 10.0. The van der Waals surface area contributed by atoms with Crippen molar-refractivity contribution >= 4 is 0 Å². The van der Waals surface area contributed by atoms with Gasteiger partial charge in [-0.1, -0.05) is 20.8 Å². The van der Waals surface area contributed by atoms with Crippen molar-refractivity contribution in [3.05, 3.63) is 18.0 Å². The minimum absolute atomic E-state index is 0.433. The van der Waals surface area contributed by atoms with E-state index >= 15 is 0 Å². The average Bonchev–Trinajstić information content (AvgIpc) is 2.70. The van der Waals surface area contributed by atoms with Crippen LogP contribution in [0.5, 0.6) is 0 Å². The molecule has 0 saturated heterocycles. The zero-order valence-electron chi connectivity index (χ0n) is 11.7. The standard InChI is InChI=1S/C14H25N3/c1-6-15-13(11-9-14(11,4)5)12-7-8-16-17(12)10(2)3/h7-8,10-11,13,15H,6,9H2,1-5H3. The lowest BCUT2D eigenvalue weighted by molar-refractivity contribution is 0.382. The number of hydrogen-bond acceptors (Lipinski definition) is 2. The topological polar surface area (TPSA) is 29.9 Å². The molecule has 1 saturated carbocycles. The predicted molar refractivity (Wildman–Crippen MR) is 70.9 cm³/mol. The second kappa shape index (κ2) is 4.45. The maximum atomic E-state index is 4.45. The minimum Gasteiger partial charge on any atom is -0.309 e. The molecule has 1 aromatic heterocycles. The molecule has 96 valence electrons. The van der Waals surface area contributed by atoms with E-state index in [2.05, 4.69) is 55.8 Å². The second-order valence-corrected chi connectivity index (χ2v) is 6.13. The molecular weight excluding hydrogens is 210 g/mol. The highest BCUT2D eigenvalue weighted by Crippen LogP contribution is 2.57. The van der Waals surface area contributed by atoms with Crippen molar-refractivity contribution in [3.63, 3.8) is 0 Å². The summed E-state index contributed by atoms with van der Waals surface area (Å²) in [5.41, 5.74) is 1.83. The van der Waals surface area contributed by atoms with Crippen LogP contribution in [0.25, 0.3) is 0 Å². The first-order chi connectivity index (χ1) is 7.97. The van der Waals surface area contributed by atoms with Gasteiger partial charge in [-0.3, -0.25) is 4.68 Å².